The van der Waals surface area contributed by atoms with Gasteiger partial charge in [-0.1, -0.05) is 74.5 Å². The van der Waals surface area contributed by atoms with Gasteiger partial charge in [-0.15, -0.1) is 0 Å². The molecule has 3 aliphatic rings. The minimum absolute atomic E-state index is 0.0346. The second-order valence-electron chi connectivity index (χ2n) is 12.3. The molecule has 2 N–H and O–H groups in total. The van der Waals surface area contributed by atoms with Gasteiger partial charge in [-0.05, 0) is 24.5 Å². The highest BCUT2D eigenvalue weighted by Gasteiger charge is 2.78. The molecule has 8 nitrogen and oxygen atoms in total. The van der Waals surface area contributed by atoms with Gasteiger partial charge < -0.3 is 29.0 Å². The Morgan fingerprint density at radius 2 is 1.68 bits per heavy atom. The van der Waals surface area contributed by atoms with Crippen LogP contribution < -0.4 is 19.8 Å². The van der Waals surface area contributed by atoms with Gasteiger partial charge in [0.05, 0.1) is 49.8 Å². The molecule has 2 heterocycles. The van der Waals surface area contributed by atoms with Crippen LogP contribution in [0.5, 0.6) is 17.2 Å². The smallest absolute Gasteiger partial charge is 0.255 e. The summed E-state index contributed by atoms with van der Waals surface area (Å²) in [5, 5.41) is 13.7. The van der Waals surface area contributed by atoms with E-state index in [1.54, 1.807) is 33.5 Å². The Morgan fingerprint density at radius 1 is 0.977 bits per heavy atom. The summed E-state index contributed by atoms with van der Waals surface area (Å²) >= 11 is 0. The number of allylic oxidation sites excluding steroid dienone is 2. The number of hydrogen-bond acceptors (Lipinski definition) is 7. The number of aromatic nitrogens is 2. The van der Waals surface area contributed by atoms with Crippen LogP contribution in [0.15, 0.2) is 89.4 Å². The van der Waals surface area contributed by atoms with Crippen molar-refractivity contribution in [3.05, 3.63) is 117 Å². The summed E-state index contributed by atoms with van der Waals surface area (Å²) in [6.45, 7) is 4.26. The first kappa shape index (κ1) is 28.2. The molecule has 0 amide bonds. The average Bonchev–Trinajstić information content (AvgIpc) is 3.45. The summed E-state index contributed by atoms with van der Waals surface area (Å²) < 4.78 is 24.5. The van der Waals surface area contributed by atoms with Crippen molar-refractivity contribution < 1.29 is 24.1 Å². The Labute approximate surface area is 256 Å². The summed E-state index contributed by atoms with van der Waals surface area (Å²) in [6, 6.07) is 22.8. The van der Waals surface area contributed by atoms with E-state index in [1.165, 1.54) is 0 Å². The quantitative estimate of drug-likeness (QED) is 0.286. The maximum absolute atomic E-state index is 14.4. The Morgan fingerprint density at radius 3 is 2.32 bits per heavy atom. The second kappa shape index (κ2) is 9.99. The molecule has 0 spiro atoms. The Bertz CT molecular complexity index is 1840. The normalized spacial score (nSPS) is 28.3. The van der Waals surface area contributed by atoms with Crippen LogP contribution >= 0.6 is 0 Å². The van der Waals surface area contributed by atoms with Crippen molar-refractivity contribution in [2.24, 2.45) is 11.3 Å². The van der Waals surface area contributed by atoms with Crippen LogP contribution in [0.4, 0.5) is 0 Å². The first-order valence-corrected chi connectivity index (χ1v) is 14.9. The fourth-order valence-corrected chi connectivity index (χ4v) is 8.17. The Kier molecular flexibility index (Phi) is 6.41. The molecule has 4 aromatic rings. The van der Waals surface area contributed by atoms with E-state index in [0.29, 0.717) is 47.0 Å². The molecule has 3 aromatic carbocycles. The molecular formula is C36H36N2O6. The van der Waals surface area contributed by atoms with Gasteiger partial charge in [0.25, 0.3) is 5.56 Å². The van der Waals surface area contributed by atoms with E-state index in [1.807, 2.05) is 60.7 Å². The van der Waals surface area contributed by atoms with Gasteiger partial charge in [0.2, 0.25) is 0 Å². The first-order chi connectivity index (χ1) is 21.2. The van der Waals surface area contributed by atoms with E-state index in [0.717, 1.165) is 16.9 Å². The minimum Gasteiger partial charge on any atom is -0.501 e. The summed E-state index contributed by atoms with van der Waals surface area (Å²) in [4.78, 5) is 22.5. The van der Waals surface area contributed by atoms with Crippen molar-refractivity contribution in [1.29, 1.82) is 0 Å². The van der Waals surface area contributed by atoms with E-state index in [2.05, 4.69) is 24.9 Å². The number of hydrogen-bond donors (Lipinski definition) is 2. The zero-order chi connectivity index (χ0) is 30.9. The van der Waals surface area contributed by atoms with Gasteiger partial charge in [-0.3, -0.25) is 4.79 Å². The third kappa shape index (κ3) is 3.60. The highest BCUT2D eigenvalue weighted by molar-refractivity contribution is 5.69. The second-order valence-corrected chi connectivity index (χ2v) is 12.3. The van der Waals surface area contributed by atoms with Gasteiger partial charge in [-0.2, -0.15) is 0 Å². The fourth-order valence-electron chi connectivity index (χ4n) is 8.17. The van der Waals surface area contributed by atoms with E-state index < -0.39 is 22.5 Å². The number of aromatic amines is 1. The molecule has 1 aliphatic heterocycles. The topological polar surface area (TPSA) is 103 Å². The number of nitrogens with zero attached hydrogens (tertiary/aromatic N) is 1. The van der Waals surface area contributed by atoms with E-state index >= 15 is 0 Å². The number of fused-ring (bicyclic) bond motifs is 5. The van der Waals surface area contributed by atoms with Crippen molar-refractivity contribution in [3.8, 4) is 28.6 Å². The number of benzene rings is 3. The maximum atomic E-state index is 14.4. The monoisotopic (exact) mass is 592 g/mol. The van der Waals surface area contributed by atoms with Gasteiger partial charge in [0.15, 0.2) is 11.2 Å². The molecule has 44 heavy (non-hydrogen) atoms. The predicted molar refractivity (Wildman–Crippen MR) is 166 cm³/mol. The molecule has 7 rings (SSSR count). The summed E-state index contributed by atoms with van der Waals surface area (Å²) in [5.74, 6) is 1.99. The van der Waals surface area contributed by atoms with Crippen molar-refractivity contribution in [2.45, 2.75) is 43.8 Å². The zero-order valence-corrected chi connectivity index (χ0v) is 25.5. The molecule has 8 heteroatoms. The zero-order valence-electron chi connectivity index (χ0n) is 25.5. The van der Waals surface area contributed by atoms with Crippen LogP contribution in [0.1, 0.15) is 55.0 Å². The van der Waals surface area contributed by atoms with Gasteiger partial charge in [-0.25, -0.2) is 4.98 Å². The summed E-state index contributed by atoms with van der Waals surface area (Å²) in [6.07, 6.45) is 3.26. The van der Waals surface area contributed by atoms with Crippen LogP contribution in [0, 0.1) is 11.3 Å². The van der Waals surface area contributed by atoms with Crippen LogP contribution in [0.3, 0.4) is 0 Å². The number of rotatable bonds is 6. The number of H-pyrrole nitrogens is 1. The van der Waals surface area contributed by atoms with E-state index in [9.17, 15) is 9.90 Å². The molecule has 1 aromatic heterocycles. The van der Waals surface area contributed by atoms with Gasteiger partial charge >= 0.3 is 0 Å². The first-order valence-electron chi connectivity index (χ1n) is 14.9. The summed E-state index contributed by atoms with van der Waals surface area (Å²) in [7, 11) is 4.82. The predicted octanol–water partition coefficient (Wildman–Crippen LogP) is 5.93. The molecule has 2 unspecified atom stereocenters. The molecule has 2 aliphatic carbocycles. The fraction of sp³-hybridized carbons (Fsp3) is 0.333. The third-order valence-corrected chi connectivity index (χ3v) is 9.97. The van der Waals surface area contributed by atoms with Crippen molar-refractivity contribution in [1.82, 2.24) is 9.97 Å². The molecule has 0 bridgehead atoms. The summed E-state index contributed by atoms with van der Waals surface area (Å²) in [5.41, 5.74) is -1.62. The SMILES string of the molecule is COC1=CCC(C)([C@@]23Oc4cc(OC)cc(OC)c4[C@]2(O)c2nc(-c4ccccc4)[nH]c(=O)c2[C@@H]3c2ccccc2)CC1C. The molecule has 226 valence electrons. The van der Waals surface area contributed by atoms with Crippen molar-refractivity contribution in [3.63, 3.8) is 0 Å². The molecule has 0 saturated carbocycles. The lowest BCUT2D eigenvalue weighted by Crippen LogP contribution is -2.63. The maximum Gasteiger partial charge on any atom is 0.255 e. The van der Waals surface area contributed by atoms with Crippen LogP contribution in [-0.4, -0.2) is 42.0 Å². The lowest BCUT2D eigenvalue weighted by molar-refractivity contribution is -0.166. The minimum atomic E-state index is -1.87. The Hall–Kier alpha value is -4.56. The van der Waals surface area contributed by atoms with Crippen LogP contribution in [-0.2, 0) is 10.3 Å². The lowest BCUT2D eigenvalue weighted by Gasteiger charge is -2.53. The number of nitrogens with one attached hydrogen (secondary N) is 1. The molecule has 0 saturated heterocycles. The number of ether oxygens (including phenoxy) is 4. The Balaban J connectivity index is 1.62. The van der Waals surface area contributed by atoms with Crippen LogP contribution in [0.25, 0.3) is 11.4 Å². The van der Waals surface area contributed by atoms with Crippen molar-refractivity contribution in [2.75, 3.05) is 21.3 Å². The van der Waals surface area contributed by atoms with E-state index in [-0.39, 0.29) is 17.2 Å². The van der Waals surface area contributed by atoms with Gasteiger partial charge in [0.1, 0.15) is 23.1 Å². The van der Waals surface area contributed by atoms with Crippen molar-refractivity contribution >= 4 is 0 Å². The highest BCUT2D eigenvalue weighted by Crippen LogP contribution is 2.72. The average molecular weight is 593 g/mol. The molecular weight excluding hydrogens is 556 g/mol. The molecule has 0 radical (unpaired) electrons. The van der Waals surface area contributed by atoms with Crippen LogP contribution in [0.2, 0.25) is 0 Å². The van der Waals surface area contributed by atoms with Gasteiger partial charge in [0, 0.05) is 29.0 Å². The number of methoxy groups -OCH3 is 3. The standard InChI is InChI=1S/C36H36N2O6/c1-21-20-34(2,17-16-25(21)42-4)36-29(22-12-8-6-9-13-22)28-31(37-32(38-33(28)39)23-14-10-7-11-15-23)35(36,40)30-26(43-5)18-24(41-3)19-27(30)44-36/h6-16,18-19,21,29,40H,17,20H2,1-5H3,(H,37,38,39)/t21?,29-,34?,35-,36+/m0/s1. The molecule has 5 atom stereocenters. The largest absolute Gasteiger partial charge is 0.501 e. The lowest BCUT2D eigenvalue weighted by atomic mass is 9.54. The third-order valence-electron chi connectivity index (χ3n) is 9.97. The molecule has 0 fully saturated rings. The highest BCUT2D eigenvalue weighted by atomic mass is 16.5. The number of aliphatic hydroxyl groups is 1. The van der Waals surface area contributed by atoms with E-state index in [4.69, 9.17) is 23.9 Å².